The topological polar surface area (TPSA) is 49.3 Å². The molecule has 2 rings (SSSR count). The number of benzene rings is 1. The van der Waals surface area contributed by atoms with Gasteiger partial charge >= 0.3 is 0 Å². The zero-order chi connectivity index (χ0) is 13.0. The average molecular weight is 326 g/mol. The van der Waals surface area contributed by atoms with Crippen molar-refractivity contribution >= 4 is 33.2 Å². The monoisotopic (exact) mass is 325 g/mol. The van der Waals surface area contributed by atoms with Gasteiger partial charge in [-0.3, -0.25) is 4.79 Å². The lowest BCUT2D eigenvalue weighted by Crippen LogP contribution is -2.24. The highest BCUT2D eigenvalue weighted by molar-refractivity contribution is 9.10. The van der Waals surface area contributed by atoms with E-state index in [1.54, 1.807) is 35.6 Å². The van der Waals surface area contributed by atoms with Crippen LogP contribution in [0.25, 0.3) is 0 Å². The number of aromatic hydroxyl groups is 1. The second kappa shape index (κ2) is 6.02. The highest BCUT2D eigenvalue weighted by Crippen LogP contribution is 2.19. The van der Waals surface area contributed by atoms with Gasteiger partial charge in [0.2, 0.25) is 5.91 Å². The third-order valence-corrected chi connectivity index (χ3v) is 4.12. The molecule has 0 saturated heterocycles. The maximum atomic E-state index is 11.7. The molecular formula is C13H12BrNO2S. The number of thiophene rings is 1. The third-order valence-electron chi connectivity index (χ3n) is 2.42. The first-order valence-corrected chi connectivity index (χ1v) is 7.09. The number of para-hydroxylation sites is 1. The summed E-state index contributed by atoms with van der Waals surface area (Å²) in [5, 5.41) is 14.4. The normalized spacial score (nSPS) is 10.3. The second-order valence-electron chi connectivity index (χ2n) is 3.81. The van der Waals surface area contributed by atoms with Gasteiger partial charge in [0.1, 0.15) is 5.75 Å². The molecule has 3 nitrogen and oxygen atoms in total. The van der Waals surface area contributed by atoms with Gasteiger partial charge in [0, 0.05) is 20.3 Å². The summed E-state index contributed by atoms with van der Waals surface area (Å²) >= 11 is 4.96. The van der Waals surface area contributed by atoms with Crippen LogP contribution in [0.5, 0.6) is 5.75 Å². The van der Waals surface area contributed by atoms with Gasteiger partial charge in [0.05, 0.1) is 13.0 Å². The minimum atomic E-state index is -0.0963. The number of nitrogens with one attached hydrogen (secondary N) is 1. The maximum absolute atomic E-state index is 11.7. The van der Waals surface area contributed by atoms with Gasteiger partial charge in [-0.15, -0.1) is 11.3 Å². The summed E-state index contributed by atoms with van der Waals surface area (Å²) in [4.78, 5) is 12.8. The lowest BCUT2D eigenvalue weighted by Gasteiger charge is -2.05. The fourth-order valence-electron chi connectivity index (χ4n) is 1.53. The van der Waals surface area contributed by atoms with Crippen LogP contribution in [0.1, 0.15) is 10.4 Å². The number of carbonyl (C=O) groups is 1. The highest BCUT2D eigenvalue weighted by atomic mass is 79.9. The molecule has 0 atom stereocenters. The van der Waals surface area contributed by atoms with E-state index < -0.39 is 0 Å². The van der Waals surface area contributed by atoms with Crippen LogP contribution < -0.4 is 5.32 Å². The first kappa shape index (κ1) is 13.1. The van der Waals surface area contributed by atoms with Gasteiger partial charge in [0.25, 0.3) is 0 Å². The predicted molar refractivity (Wildman–Crippen MR) is 75.7 cm³/mol. The van der Waals surface area contributed by atoms with Crippen LogP contribution in [0, 0.1) is 0 Å². The number of hydrogen-bond acceptors (Lipinski definition) is 3. The Balaban J connectivity index is 1.88. The van der Waals surface area contributed by atoms with E-state index in [-0.39, 0.29) is 18.1 Å². The summed E-state index contributed by atoms with van der Waals surface area (Å²) < 4.78 is 1.03. The van der Waals surface area contributed by atoms with Gasteiger partial charge in [-0.25, -0.2) is 0 Å². The van der Waals surface area contributed by atoms with Gasteiger partial charge < -0.3 is 10.4 Å². The zero-order valence-electron chi connectivity index (χ0n) is 9.52. The zero-order valence-corrected chi connectivity index (χ0v) is 11.9. The fourth-order valence-corrected chi connectivity index (χ4v) is 2.92. The van der Waals surface area contributed by atoms with E-state index in [4.69, 9.17) is 0 Å². The molecule has 94 valence electrons. The Bertz CT molecular complexity index is 553. The standard InChI is InChI=1S/C13H12BrNO2S/c14-10-6-11(18-8-10)7-15-13(17)5-9-3-1-2-4-12(9)16/h1-4,6,8,16H,5,7H2,(H,15,17). The Kier molecular flexibility index (Phi) is 4.38. The van der Waals surface area contributed by atoms with Gasteiger partial charge in [-0.05, 0) is 28.1 Å². The number of carbonyl (C=O) groups excluding carboxylic acids is 1. The average Bonchev–Trinajstić information content (AvgIpc) is 2.76. The molecule has 2 N–H and O–H groups in total. The van der Waals surface area contributed by atoms with Crippen LogP contribution in [-0.2, 0) is 17.8 Å². The molecule has 0 aliphatic rings. The van der Waals surface area contributed by atoms with E-state index in [9.17, 15) is 9.90 Å². The number of phenols is 1. The number of hydrogen-bond donors (Lipinski definition) is 2. The van der Waals surface area contributed by atoms with E-state index in [0.29, 0.717) is 12.1 Å². The number of rotatable bonds is 4. The predicted octanol–water partition coefficient (Wildman–Crippen LogP) is 3.08. The van der Waals surface area contributed by atoms with Crippen LogP contribution in [0.2, 0.25) is 0 Å². The summed E-state index contributed by atoms with van der Waals surface area (Å²) in [5.74, 6) is 0.0625. The van der Waals surface area contributed by atoms with Gasteiger partial charge in [-0.1, -0.05) is 18.2 Å². The van der Waals surface area contributed by atoms with Crippen molar-refractivity contribution in [2.75, 3.05) is 0 Å². The number of amides is 1. The Hall–Kier alpha value is -1.33. The molecule has 0 aliphatic heterocycles. The van der Waals surface area contributed by atoms with Crippen molar-refractivity contribution < 1.29 is 9.90 Å². The van der Waals surface area contributed by atoms with Crippen LogP contribution in [0.3, 0.4) is 0 Å². The quantitative estimate of drug-likeness (QED) is 0.907. The Morgan fingerprint density at radius 2 is 2.17 bits per heavy atom. The largest absolute Gasteiger partial charge is 0.508 e. The van der Waals surface area contributed by atoms with Crippen LogP contribution in [0.15, 0.2) is 40.2 Å². The lowest BCUT2D eigenvalue weighted by molar-refractivity contribution is -0.120. The molecule has 18 heavy (non-hydrogen) atoms. The van der Waals surface area contributed by atoms with Crippen molar-refractivity contribution in [1.82, 2.24) is 5.32 Å². The van der Waals surface area contributed by atoms with Crippen LogP contribution in [-0.4, -0.2) is 11.0 Å². The van der Waals surface area contributed by atoms with E-state index in [1.807, 2.05) is 11.4 Å². The molecule has 0 fully saturated rings. The van der Waals surface area contributed by atoms with Crippen molar-refractivity contribution in [3.8, 4) is 5.75 Å². The summed E-state index contributed by atoms with van der Waals surface area (Å²) in [6, 6.07) is 8.85. The van der Waals surface area contributed by atoms with Gasteiger partial charge in [-0.2, -0.15) is 0 Å². The molecule has 1 amide bonds. The lowest BCUT2D eigenvalue weighted by atomic mass is 10.1. The molecule has 1 aromatic heterocycles. The summed E-state index contributed by atoms with van der Waals surface area (Å²) in [6.07, 6.45) is 0.194. The fraction of sp³-hybridized carbons (Fsp3) is 0.154. The molecule has 0 spiro atoms. The number of phenolic OH excluding ortho intramolecular Hbond substituents is 1. The summed E-state index contributed by atoms with van der Waals surface area (Å²) in [7, 11) is 0. The SMILES string of the molecule is O=C(Cc1ccccc1O)NCc1cc(Br)cs1. The minimum absolute atomic E-state index is 0.0963. The summed E-state index contributed by atoms with van der Waals surface area (Å²) in [5.41, 5.74) is 0.641. The van der Waals surface area contributed by atoms with E-state index in [0.717, 1.165) is 9.35 Å². The molecule has 0 radical (unpaired) electrons. The van der Waals surface area contributed by atoms with E-state index >= 15 is 0 Å². The smallest absolute Gasteiger partial charge is 0.224 e. The molecule has 2 aromatic rings. The Morgan fingerprint density at radius 1 is 1.39 bits per heavy atom. The second-order valence-corrected chi connectivity index (χ2v) is 5.72. The maximum Gasteiger partial charge on any atom is 0.224 e. The minimum Gasteiger partial charge on any atom is -0.508 e. The molecule has 1 aromatic carbocycles. The third kappa shape index (κ3) is 3.58. The van der Waals surface area contributed by atoms with Crippen molar-refractivity contribution in [1.29, 1.82) is 0 Å². The molecule has 0 aliphatic carbocycles. The highest BCUT2D eigenvalue weighted by Gasteiger charge is 2.07. The first-order valence-electron chi connectivity index (χ1n) is 5.41. The molecule has 0 unspecified atom stereocenters. The Labute approximate surface area is 118 Å². The molecule has 1 heterocycles. The van der Waals surface area contributed by atoms with Gasteiger partial charge in [0.15, 0.2) is 0 Å². The van der Waals surface area contributed by atoms with Crippen molar-refractivity contribution in [3.63, 3.8) is 0 Å². The Morgan fingerprint density at radius 3 is 2.83 bits per heavy atom. The summed E-state index contributed by atoms with van der Waals surface area (Å²) in [6.45, 7) is 0.517. The molecular weight excluding hydrogens is 314 g/mol. The first-order chi connectivity index (χ1) is 8.65. The number of halogens is 1. The van der Waals surface area contributed by atoms with Crippen molar-refractivity contribution in [3.05, 3.63) is 50.6 Å². The van der Waals surface area contributed by atoms with E-state index in [2.05, 4.69) is 21.2 Å². The van der Waals surface area contributed by atoms with Crippen molar-refractivity contribution in [2.24, 2.45) is 0 Å². The van der Waals surface area contributed by atoms with Crippen molar-refractivity contribution in [2.45, 2.75) is 13.0 Å². The molecule has 5 heteroatoms. The molecule has 0 saturated carbocycles. The van der Waals surface area contributed by atoms with Crippen LogP contribution in [0.4, 0.5) is 0 Å². The van der Waals surface area contributed by atoms with E-state index in [1.165, 1.54) is 0 Å². The van der Waals surface area contributed by atoms with Crippen LogP contribution >= 0.6 is 27.3 Å². The molecule has 0 bridgehead atoms.